The number of pyridine rings is 1. The second-order valence-electron chi connectivity index (χ2n) is 3.41. The molecule has 0 atom stereocenters. The summed E-state index contributed by atoms with van der Waals surface area (Å²) in [6.45, 7) is 0.368. The van der Waals surface area contributed by atoms with E-state index in [1.165, 1.54) is 12.1 Å². The first-order valence-corrected chi connectivity index (χ1v) is 4.80. The van der Waals surface area contributed by atoms with Gasteiger partial charge in [0.05, 0.1) is 5.69 Å². The van der Waals surface area contributed by atoms with Crippen molar-refractivity contribution in [3.05, 3.63) is 53.7 Å². The van der Waals surface area contributed by atoms with Crippen LogP contribution in [-0.2, 0) is 6.54 Å². The molecule has 2 nitrogen and oxygen atoms in total. The summed E-state index contributed by atoms with van der Waals surface area (Å²) in [6, 6.07) is 6.79. The van der Waals surface area contributed by atoms with Gasteiger partial charge in [-0.2, -0.15) is 0 Å². The Hall–Kier alpha value is -1.81. The van der Waals surface area contributed by atoms with Gasteiger partial charge in [0.1, 0.15) is 11.6 Å². The van der Waals surface area contributed by atoms with Crippen molar-refractivity contribution in [3.8, 4) is 11.3 Å². The van der Waals surface area contributed by atoms with E-state index in [9.17, 15) is 8.78 Å². The minimum atomic E-state index is -0.616. The molecule has 0 aliphatic heterocycles. The second kappa shape index (κ2) is 4.37. The Balaban J connectivity index is 2.49. The molecule has 2 N–H and O–H groups in total. The molecule has 0 amide bonds. The highest BCUT2D eigenvalue weighted by atomic mass is 19.1. The van der Waals surface area contributed by atoms with Crippen molar-refractivity contribution in [2.24, 2.45) is 5.73 Å². The summed E-state index contributed by atoms with van der Waals surface area (Å²) in [6.07, 6.45) is 1.57. The van der Waals surface area contributed by atoms with Crippen LogP contribution >= 0.6 is 0 Å². The quantitative estimate of drug-likeness (QED) is 0.844. The van der Waals surface area contributed by atoms with Gasteiger partial charge in [-0.25, -0.2) is 8.78 Å². The lowest BCUT2D eigenvalue weighted by Crippen LogP contribution is -1.97. The summed E-state index contributed by atoms with van der Waals surface area (Å²) in [5, 5.41) is 0. The molecule has 2 aromatic rings. The number of benzene rings is 1. The molecule has 1 heterocycles. The Bertz CT molecular complexity index is 492. The Morgan fingerprint density at radius 3 is 2.38 bits per heavy atom. The second-order valence-corrected chi connectivity index (χ2v) is 3.41. The molecule has 0 aliphatic rings. The molecule has 82 valence electrons. The molecule has 1 aromatic heterocycles. The molecule has 1 aromatic carbocycles. The van der Waals surface area contributed by atoms with Crippen LogP contribution in [0.25, 0.3) is 11.3 Å². The van der Waals surface area contributed by atoms with Crippen molar-refractivity contribution in [1.82, 2.24) is 4.98 Å². The van der Waals surface area contributed by atoms with Gasteiger partial charge in [0.2, 0.25) is 0 Å². The number of aromatic nitrogens is 1. The number of hydrogen-bond acceptors (Lipinski definition) is 2. The number of hydrogen-bond donors (Lipinski definition) is 1. The van der Waals surface area contributed by atoms with Crippen molar-refractivity contribution in [2.75, 3.05) is 0 Å². The van der Waals surface area contributed by atoms with Crippen LogP contribution in [0.5, 0.6) is 0 Å². The first-order valence-electron chi connectivity index (χ1n) is 4.80. The smallest absolute Gasteiger partial charge is 0.126 e. The predicted molar refractivity (Wildman–Crippen MR) is 57.5 cm³/mol. The van der Waals surface area contributed by atoms with Crippen LogP contribution in [-0.4, -0.2) is 4.98 Å². The first-order chi connectivity index (χ1) is 7.69. The van der Waals surface area contributed by atoms with Gasteiger partial charge >= 0.3 is 0 Å². The van der Waals surface area contributed by atoms with Crippen molar-refractivity contribution in [2.45, 2.75) is 6.54 Å². The minimum Gasteiger partial charge on any atom is -0.326 e. The zero-order chi connectivity index (χ0) is 11.5. The van der Waals surface area contributed by atoms with Gasteiger partial charge in [0.25, 0.3) is 0 Å². The molecule has 0 aliphatic carbocycles. The maximum atomic E-state index is 13.0. The van der Waals surface area contributed by atoms with E-state index in [0.717, 1.165) is 11.6 Å². The standard InChI is InChI=1S/C12H10F2N2/c13-10-4-9(5-11(14)6-10)12-3-8(7-15)1-2-16-12/h1-6H,7,15H2. The minimum absolute atomic E-state index is 0.368. The highest BCUT2D eigenvalue weighted by Crippen LogP contribution is 2.20. The molecule has 0 unspecified atom stereocenters. The van der Waals surface area contributed by atoms with E-state index in [0.29, 0.717) is 17.8 Å². The van der Waals surface area contributed by atoms with Crippen LogP contribution < -0.4 is 5.73 Å². The highest BCUT2D eigenvalue weighted by molar-refractivity contribution is 5.59. The maximum absolute atomic E-state index is 13.0. The third-order valence-corrected chi connectivity index (χ3v) is 2.22. The summed E-state index contributed by atoms with van der Waals surface area (Å²) in [5.41, 5.74) is 7.28. The van der Waals surface area contributed by atoms with Crippen molar-refractivity contribution in [3.63, 3.8) is 0 Å². The molecule has 0 bridgehead atoms. The predicted octanol–water partition coefficient (Wildman–Crippen LogP) is 2.49. The van der Waals surface area contributed by atoms with E-state index < -0.39 is 11.6 Å². The molecule has 16 heavy (non-hydrogen) atoms. The Morgan fingerprint density at radius 2 is 1.75 bits per heavy atom. The molecule has 0 spiro atoms. The summed E-state index contributed by atoms with van der Waals surface area (Å²) >= 11 is 0. The fraction of sp³-hybridized carbons (Fsp3) is 0.0833. The molecule has 0 saturated carbocycles. The van der Waals surface area contributed by atoms with Gasteiger partial charge in [-0.3, -0.25) is 4.98 Å². The molecular formula is C12H10F2N2. The van der Waals surface area contributed by atoms with E-state index in [4.69, 9.17) is 5.73 Å². The van der Waals surface area contributed by atoms with Gasteiger partial charge in [-0.15, -0.1) is 0 Å². The van der Waals surface area contributed by atoms with Crippen LogP contribution in [0.4, 0.5) is 8.78 Å². The van der Waals surface area contributed by atoms with Crippen LogP contribution in [0.3, 0.4) is 0 Å². The van der Waals surface area contributed by atoms with Gasteiger partial charge < -0.3 is 5.73 Å². The summed E-state index contributed by atoms with van der Waals surface area (Å²) in [5.74, 6) is -1.23. The van der Waals surface area contributed by atoms with Crippen LogP contribution in [0.15, 0.2) is 36.5 Å². The summed E-state index contributed by atoms with van der Waals surface area (Å²) < 4.78 is 26.0. The largest absolute Gasteiger partial charge is 0.326 e. The lowest BCUT2D eigenvalue weighted by molar-refractivity contribution is 0.584. The first kappa shape index (κ1) is 10.7. The number of nitrogens with two attached hydrogens (primary N) is 1. The van der Waals surface area contributed by atoms with Crippen molar-refractivity contribution < 1.29 is 8.78 Å². The van der Waals surface area contributed by atoms with Crippen molar-refractivity contribution >= 4 is 0 Å². The molecule has 0 fully saturated rings. The zero-order valence-corrected chi connectivity index (χ0v) is 8.45. The zero-order valence-electron chi connectivity index (χ0n) is 8.45. The average molecular weight is 220 g/mol. The monoisotopic (exact) mass is 220 g/mol. The third-order valence-electron chi connectivity index (χ3n) is 2.22. The average Bonchev–Trinajstić information content (AvgIpc) is 2.28. The Kier molecular flexibility index (Phi) is 2.92. The number of halogens is 2. The molecule has 4 heteroatoms. The van der Waals surface area contributed by atoms with Crippen LogP contribution in [0.2, 0.25) is 0 Å². The SMILES string of the molecule is NCc1ccnc(-c2cc(F)cc(F)c2)c1. The van der Waals surface area contributed by atoms with E-state index >= 15 is 0 Å². The van der Waals surface area contributed by atoms with Crippen LogP contribution in [0, 0.1) is 11.6 Å². The Labute approximate surface area is 91.7 Å². The molecular weight excluding hydrogens is 210 g/mol. The van der Waals surface area contributed by atoms with Gasteiger partial charge in [-0.05, 0) is 29.8 Å². The molecule has 0 radical (unpaired) electrons. The molecule has 2 rings (SSSR count). The Morgan fingerprint density at radius 1 is 1.06 bits per heavy atom. The van der Waals surface area contributed by atoms with Gasteiger partial charge in [-0.1, -0.05) is 0 Å². The van der Waals surface area contributed by atoms with E-state index in [-0.39, 0.29) is 0 Å². The van der Waals surface area contributed by atoms with Crippen molar-refractivity contribution in [1.29, 1.82) is 0 Å². The maximum Gasteiger partial charge on any atom is 0.126 e. The van der Waals surface area contributed by atoms with E-state index in [1.54, 1.807) is 18.3 Å². The van der Waals surface area contributed by atoms with Crippen LogP contribution in [0.1, 0.15) is 5.56 Å². The van der Waals surface area contributed by atoms with E-state index in [2.05, 4.69) is 4.98 Å². The van der Waals surface area contributed by atoms with E-state index in [1.807, 2.05) is 0 Å². The van der Waals surface area contributed by atoms with Gasteiger partial charge in [0, 0.05) is 24.4 Å². The number of nitrogens with zero attached hydrogens (tertiary/aromatic N) is 1. The van der Waals surface area contributed by atoms with Gasteiger partial charge in [0.15, 0.2) is 0 Å². The number of rotatable bonds is 2. The lowest BCUT2D eigenvalue weighted by atomic mass is 10.1. The molecule has 0 saturated heterocycles. The third kappa shape index (κ3) is 2.23. The fourth-order valence-electron chi connectivity index (χ4n) is 1.46. The normalized spacial score (nSPS) is 10.4. The highest BCUT2D eigenvalue weighted by Gasteiger charge is 2.04. The summed E-state index contributed by atoms with van der Waals surface area (Å²) in [7, 11) is 0. The topological polar surface area (TPSA) is 38.9 Å². The lowest BCUT2D eigenvalue weighted by Gasteiger charge is -2.03. The fourth-order valence-corrected chi connectivity index (χ4v) is 1.46. The summed E-state index contributed by atoms with van der Waals surface area (Å²) in [4.78, 5) is 4.05.